The first-order chi connectivity index (χ1) is 8.65. The highest BCUT2D eigenvalue weighted by Crippen LogP contribution is 2.28. The predicted molar refractivity (Wildman–Crippen MR) is 78.1 cm³/mol. The van der Waals surface area contributed by atoms with Crippen molar-refractivity contribution >= 4 is 29.3 Å². The SMILES string of the molecule is CC(CCl)(NC(=O)C1CCCS1)c1ccccc1. The minimum atomic E-state index is -0.483. The number of carbonyl (C=O) groups is 1. The van der Waals surface area contributed by atoms with Crippen LogP contribution in [-0.2, 0) is 10.3 Å². The van der Waals surface area contributed by atoms with Crippen LogP contribution < -0.4 is 5.32 Å². The molecule has 4 heteroatoms. The molecule has 18 heavy (non-hydrogen) atoms. The lowest BCUT2D eigenvalue weighted by Crippen LogP contribution is -2.47. The lowest BCUT2D eigenvalue weighted by Gasteiger charge is -2.30. The third-order valence-electron chi connectivity index (χ3n) is 3.30. The monoisotopic (exact) mass is 283 g/mol. The quantitative estimate of drug-likeness (QED) is 0.860. The third-order valence-corrected chi connectivity index (χ3v) is 5.21. The highest BCUT2D eigenvalue weighted by atomic mass is 35.5. The number of benzene rings is 1. The van der Waals surface area contributed by atoms with Gasteiger partial charge in [0.05, 0.1) is 10.8 Å². The van der Waals surface area contributed by atoms with Gasteiger partial charge in [-0.05, 0) is 31.1 Å². The van der Waals surface area contributed by atoms with Gasteiger partial charge in [0, 0.05) is 5.88 Å². The van der Waals surface area contributed by atoms with Gasteiger partial charge < -0.3 is 5.32 Å². The molecule has 1 heterocycles. The summed E-state index contributed by atoms with van der Waals surface area (Å²) in [5.74, 6) is 1.57. The van der Waals surface area contributed by atoms with Crippen LogP contribution in [0.25, 0.3) is 0 Å². The molecule has 2 unspecified atom stereocenters. The fourth-order valence-electron chi connectivity index (χ4n) is 2.13. The predicted octanol–water partition coefficient (Wildman–Crippen LogP) is 3.15. The number of nitrogens with one attached hydrogen (secondary N) is 1. The van der Waals surface area contributed by atoms with Crippen molar-refractivity contribution in [2.45, 2.75) is 30.6 Å². The number of alkyl halides is 1. The molecule has 1 fully saturated rings. The lowest BCUT2D eigenvalue weighted by molar-refractivity contribution is -0.122. The number of amides is 1. The average Bonchev–Trinajstić information content (AvgIpc) is 2.93. The van der Waals surface area contributed by atoms with Crippen molar-refractivity contribution in [3.05, 3.63) is 35.9 Å². The molecule has 2 nitrogen and oxygen atoms in total. The Kier molecular flexibility index (Phi) is 4.57. The number of hydrogen-bond acceptors (Lipinski definition) is 2. The molecular formula is C14H18ClNOS. The van der Waals surface area contributed by atoms with Gasteiger partial charge in [0.15, 0.2) is 0 Å². The van der Waals surface area contributed by atoms with E-state index in [2.05, 4.69) is 5.32 Å². The summed E-state index contributed by atoms with van der Waals surface area (Å²) in [6.45, 7) is 1.98. The Balaban J connectivity index is 2.10. The maximum absolute atomic E-state index is 12.2. The van der Waals surface area contributed by atoms with Gasteiger partial charge in [0.1, 0.15) is 0 Å². The minimum absolute atomic E-state index is 0.0938. The van der Waals surface area contributed by atoms with Gasteiger partial charge in [-0.1, -0.05) is 30.3 Å². The Hall–Kier alpha value is -0.670. The second kappa shape index (κ2) is 5.98. The summed E-state index contributed by atoms with van der Waals surface area (Å²) in [6.07, 6.45) is 2.11. The highest BCUT2D eigenvalue weighted by molar-refractivity contribution is 8.00. The molecule has 0 radical (unpaired) electrons. The molecule has 1 aromatic carbocycles. The first kappa shape index (κ1) is 13.8. The zero-order valence-corrected chi connectivity index (χ0v) is 12.1. The topological polar surface area (TPSA) is 29.1 Å². The standard InChI is InChI=1S/C14H18ClNOS/c1-14(10-15,11-6-3-2-4-7-11)16-13(17)12-8-5-9-18-12/h2-4,6-7,12H,5,8-10H2,1H3,(H,16,17). The van der Waals surface area contributed by atoms with E-state index >= 15 is 0 Å². The Morgan fingerprint density at radius 3 is 2.78 bits per heavy atom. The highest BCUT2D eigenvalue weighted by Gasteiger charge is 2.32. The van der Waals surface area contributed by atoms with Gasteiger partial charge in [0.2, 0.25) is 5.91 Å². The summed E-state index contributed by atoms with van der Waals surface area (Å²) in [5, 5.41) is 3.20. The van der Waals surface area contributed by atoms with Crippen molar-refractivity contribution < 1.29 is 4.79 Å². The number of thioether (sulfide) groups is 1. The van der Waals surface area contributed by atoms with Crippen molar-refractivity contribution in [2.24, 2.45) is 0 Å². The largest absolute Gasteiger partial charge is 0.345 e. The number of halogens is 1. The normalized spacial score (nSPS) is 22.4. The van der Waals surface area contributed by atoms with Crippen molar-refractivity contribution in [2.75, 3.05) is 11.6 Å². The van der Waals surface area contributed by atoms with Gasteiger partial charge in [-0.3, -0.25) is 4.79 Å². The van der Waals surface area contributed by atoms with E-state index in [-0.39, 0.29) is 11.2 Å². The molecule has 1 saturated heterocycles. The second-order valence-corrected chi connectivity index (χ2v) is 6.40. The molecule has 0 aromatic heterocycles. The Morgan fingerprint density at radius 2 is 2.22 bits per heavy atom. The molecular weight excluding hydrogens is 266 g/mol. The van der Waals surface area contributed by atoms with Gasteiger partial charge in [0.25, 0.3) is 0 Å². The van der Waals surface area contributed by atoms with Crippen LogP contribution in [0, 0.1) is 0 Å². The van der Waals surface area contributed by atoms with E-state index in [9.17, 15) is 4.79 Å². The van der Waals surface area contributed by atoms with Gasteiger partial charge >= 0.3 is 0 Å². The maximum Gasteiger partial charge on any atom is 0.233 e. The summed E-state index contributed by atoms with van der Waals surface area (Å²) >= 11 is 7.81. The Morgan fingerprint density at radius 1 is 1.50 bits per heavy atom. The molecule has 1 aliphatic heterocycles. The van der Waals surface area contributed by atoms with Crippen molar-refractivity contribution in [3.63, 3.8) is 0 Å². The number of carbonyl (C=O) groups excluding carboxylic acids is 1. The van der Waals surface area contributed by atoms with Crippen molar-refractivity contribution in [1.29, 1.82) is 0 Å². The Labute approximate surface area is 117 Å². The molecule has 2 atom stereocenters. The van der Waals surface area contributed by atoms with Crippen LogP contribution in [0.4, 0.5) is 0 Å². The van der Waals surface area contributed by atoms with E-state index in [0.717, 1.165) is 24.2 Å². The molecule has 0 saturated carbocycles. The number of hydrogen-bond donors (Lipinski definition) is 1. The molecule has 0 bridgehead atoms. The van der Waals surface area contributed by atoms with Gasteiger partial charge in [-0.15, -0.1) is 23.4 Å². The smallest absolute Gasteiger partial charge is 0.233 e. The molecule has 1 amide bonds. The van der Waals surface area contributed by atoms with Crippen LogP contribution in [0.15, 0.2) is 30.3 Å². The molecule has 1 N–H and O–H groups in total. The summed E-state index contributed by atoms with van der Waals surface area (Å²) in [5.41, 5.74) is 0.569. The zero-order valence-electron chi connectivity index (χ0n) is 10.5. The van der Waals surface area contributed by atoms with E-state index in [1.54, 1.807) is 11.8 Å². The summed E-state index contributed by atoms with van der Waals surface area (Å²) in [7, 11) is 0. The van der Waals surface area contributed by atoms with Crippen LogP contribution in [0.1, 0.15) is 25.3 Å². The van der Waals surface area contributed by atoms with Crippen LogP contribution in [0.2, 0.25) is 0 Å². The summed E-state index contributed by atoms with van der Waals surface area (Å²) in [6, 6.07) is 9.91. The third kappa shape index (κ3) is 3.01. The average molecular weight is 284 g/mol. The van der Waals surface area contributed by atoms with E-state index in [1.807, 2.05) is 37.3 Å². The lowest BCUT2D eigenvalue weighted by atomic mass is 9.94. The van der Waals surface area contributed by atoms with Gasteiger partial charge in [-0.2, -0.15) is 0 Å². The van der Waals surface area contributed by atoms with Crippen LogP contribution in [-0.4, -0.2) is 22.8 Å². The van der Waals surface area contributed by atoms with Crippen LogP contribution >= 0.6 is 23.4 Å². The van der Waals surface area contributed by atoms with Crippen molar-refractivity contribution in [1.82, 2.24) is 5.32 Å². The van der Waals surface area contributed by atoms with Crippen molar-refractivity contribution in [3.8, 4) is 0 Å². The molecule has 1 aliphatic rings. The first-order valence-electron chi connectivity index (χ1n) is 6.21. The Bertz CT molecular complexity index is 406. The van der Waals surface area contributed by atoms with Crippen LogP contribution in [0.3, 0.4) is 0 Å². The molecule has 1 aromatic rings. The fraction of sp³-hybridized carbons (Fsp3) is 0.500. The first-order valence-corrected chi connectivity index (χ1v) is 7.79. The second-order valence-electron chi connectivity index (χ2n) is 4.82. The molecule has 0 aliphatic carbocycles. The van der Waals surface area contributed by atoms with E-state index in [4.69, 9.17) is 11.6 Å². The van der Waals surface area contributed by atoms with E-state index in [0.29, 0.717) is 5.88 Å². The van der Waals surface area contributed by atoms with E-state index in [1.165, 1.54) is 0 Å². The number of rotatable bonds is 4. The van der Waals surface area contributed by atoms with E-state index < -0.39 is 5.54 Å². The maximum atomic E-state index is 12.2. The summed E-state index contributed by atoms with van der Waals surface area (Å²) in [4.78, 5) is 12.2. The zero-order chi connectivity index (χ0) is 13.0. The minimum Gasteiger partial charge on any atom is -0.345 e. The molecule has 0 spiro atoms. The molecule has 98 valence electrons. The van der Waals surface area contributed by atoms with Crippen LogP contribution in [0.5, 0.6) is 0 Å². The summed E-state index contributed by atoms with van der Waals surface area (Å²) < 4.78 is 0. The molecule has 2 rings (SSSR count). The fourth-order valence-corrected chi connectivity index (χ4v) is 3.51. The van der Waals surface area contributed by atoms with Gasteiger partial charge in [-0.25, -0.2) is 0 Å².